The zero-order valence-corrected chi connectivity index (χ0v) is 20.2. The number of nitrogens with zero attached hydrogens (tertiary/aromatic N) is 4. The number of anilines is 1. The lowest BCUT2D eigenvalue weighted by Crippen LogP contribution is -2.42. The molecule has 182 valence electrons. The molecule has 3 aromatic rings. The van der Waals surface area contributed by atoms with Crippen molar-refractivity contribution in [2.45, 2.75) is 63.3 Å². The van der Waals surface area contributed by atoms with Crippen LogP contribution in [-0.2, 0) is 9.47 Å². The SMILES string of the molecule is COC1CC(c2nc3c(F)cc(-c4nc(N[C@@H]5CCOC[C@H]5O)ncc4Cl)cc3n2C(C)C)C1. The van der Waals surface area contributed by atoms with Crippen molar-refractivity contribution in [2.24, 2.45) is 0 Å². The van der Waals surface area contributed by atoms with E-state index in [0.29, 0.717) is 46.3 Å². The first-order valence-corrected chi connectivity index (χ1v) is 12.0. The number of aromatic nitrogens is 4. The number of hydrogen-bond acceptors (Lipinski definition) is 7. The average Bonchev–Trinajstić information content (AvgIpc) is 3.16. The maximum absolute atomic E-state index is 15.3. The number of nitrogens with one attached hydrogen (secondary N) is 1. The van der Waals surface area contributed by atoms with Gasteiger partial charge in [0.1, 0.15) is 11.3 Å². The Labute approximate surface area is 202 Å². The molecule has 10 heteroatoms. The summed E-state index contributed by atoms with van der Waals surface area (Å²) in [6, 6.07) is 3.18. The Morgan fingerprint density at radius 2 is 2.09 bits per heavy atom. The number of fused-ring (bicyclic) bond motifs is 1. The normalized spacial score (nSPS) is 25.0. The summed E-state index contributed by atoms with van der Waals surface area (Å²) in [5.41, 5.74) is 2.03. The molecule has 0 bridgehead atoms. The quantitative estimate of drug-likeness (QED) is 0.532. The first kappa shape index (κ1) is 23.4. The highest BCUT2D eigenvalue weighted by Crippen LogP contribution is 2.41. The zero-order valence-electron chi connectivity index (χ0n) is 19.5. The van der Waals surface area contributed by atoms with E-state index in [1.807, 2.05) is 6.07 Å². The minimum absolute atomic E-state index is 0.101. The summed E-state index contributed by atoms with van der Waals surface area (Å²) in [7, 11) is 1.72. The molecule has 1 aromatic carbocycles. The minimum Gasteiger partial charge on any atom is -0.389 e. The highest BCUT2D eigenvalue weighted by atomic mass is 35.5. The van der Waals surface area contributed by atoms with E-state index < -0.39 is 11.9 Å². The van der Waals surface area contributed by atoms with E-state index in [9.17, 15) is 5.11 Å². The number of imidazole rings is 1. The second-order valence-electron chi connectivity index (χ2n) is 9.36. The molecular weight excluding hydrogens is 461 g/mol. The summed E-state index contributed by atoms with van der Waals surface area (Å²) in [6.07, 6.45) is 3.45. The number of methoxy groups -OCH3 is 1. The van der Waals surface area contributed by atoms with Crippen LogP contribution in [0.5, 0.6) is 0 Å². The smallest absolute Gasteiger partial charge is 0.223 e. The van der Waals surface area contributed by atoms with Crippen molar-refractivity contribution in [1.82, 2.24) is 19.5 Å². The number of ether oxygens (including phenoxy) is 2. The van der Waals surface area contributed by atoms with Gasteiger partial charge in [-0.15, -0.1) is 0 Å². The number of aliphatic hydroxyl groups is 1. The van der Waals surface area contributed by atoms with Crippen molar-refractivity contribution < 1.29 is 19.0 Å². The monoisotopic (exact) mass is 489 g/mol. The molecule has 2 atom stereocenters. The zero-order chi connectivity index (χ0) is 24.0. The molecule has 1 saturated carbocycles. The number of hydrogen-bond donors (Lipinski definition) is 2. The van der Waals surface area contributed by atoms with Gasteiger partial charge in [-0.25, -0.2) is 19.3 Å². The summed E-state index contributed by atoms with van der Waals surface area (Å²) in [4.78, 5) is 13.5. The summed E-state index contributed by atoms with van der Waals surface area (Å²) in [6.45, 7) is 4.94. The standard InChI is InChI=1S/C24H29ClFN5O3/c1-12(2)31-19-9-13(8-17(26)22(19)29-23(31)14-6-15(7-14)33-3)21-16(25)10-27-24(30-21)28-18-4-5-34-11-20(18)32/h8-10,12,14-15,18,20,32H,4-7,11H2,1-3H3,(H,27,28,30)/t14?,15?,18-,20-/m1/s1. The topological polar surface area (TPSA) is 94.3 Å². The van der Waals surface area contributed by atoms with Crippen LogP contribution >= 0.6 is 11.6 Å². The highest BCUT2D eigenvalue weighted by Gasteiger charge is 2.35. The largest absolute Gasteiger partial charge is 0.389 e. The Morgan fingerprint density at radius 3 is 2.79 bits per heavy atom. The molecule has 0 unspecified atom stereocenters. The van der Waals surface area contributed by atoms with Crippen LogP contribution < -0.4 is 5.32 Å². The Hall–Kier alpha value is -2.33. The van der Waals surface area contributed by atoms with E-state index in [-0.39, 0.29) is 30.7 Å². The van der Waals surface area contributed by atoms with Crippen LogP contribution in [0.3, 0.4) is 0 Å². The number of benzene rings is 1. The van der Waals surface area contributed by atoms with Crippen LogP contribution in [0.2, 0.25) is 5.02 Å². The molecule has 2 fully saturated rings. The van der Waals surface area contributed by atoms with Crippen LogP contribution in [0.15, 0.2) is 18.3 Å². The highest BCUT2D eigenvalue weighted by molar-refractivity contribution is 6.33. The second-order valence-corrected chi connectivity index (χ2v) is 9.76. The first-order chi connectivity index (χ1) is 16.4. The fraction of sp³-hybridized carbons (Fsp3) is 0.542. The third kappa shape index (κ3) is 4.26. The Balaban J connectivity index is 1.53. The van der Waals surface area contributed by atoms with Crippen molar-refractivity contribution in [3.05, 3.63) is 35.0 Å². The Morgan fingerprint density at radius 1 is 1.29 bits per heavy atom. The van der Waals surface area contributed by atoms with Crippen molar-refractivity contribution in [3.8, 4) is 11.3 Å². The predicted octanol–water partition coefficient (Wildman–Crippen LogP) is 4.32. The van der Waals surface area contributed by atoms with E-state index in [1.165, 1.54) is 12.3 Å². The van der Waals surface area contributed by atoms with Gasteiger partial charge >= 0.3 is 0 Å². The van der Waals surface area contributed by atoms with Gasteiger partial charge < -0.3 is 24.5 Å². The van der Waals surface area contributed by atoms with Gasteiger partial charge in [-0.1, -0.05) is 11.6 Å². The maximum atomic E-state index is 15.3. The molecule has 2 N–H and O–H groups in total. The van der Waals surface area contributed by atoms with Gasteiger partial charge in [0, 0.05) is 31.2 Å². The van der Waals surface area contributed by atoms with E-state index >= 15 is 4.39 Å². The van der Waals surface area contributed by atoms with E-state index in [0.717, 1.165) is 18.7 Å². The molecule has 3 heterocycles. The third-order valence-corrected chi connectivity index (χ3v) is 7.02. The van der Waals surface area contributed by atoms with Gasteiger partial charge in [-0.3, -0.25) is 0 Å². The van der Waals surface area contributed by atoms with E-state index in [1.54, 1.807) is 7.11 Å². The molecular formula is C24H29ClFN5O3. The lowest BCUT2D eigenvalue weighted by Gasteiger charge is -2.34. The van der Waals surface area contributed by atoms with E-state index in [4.69, 9.17) is 26.1 Å². The molecule has 0 amide bonds. The van der Waals surface area contributed by atoms with Crippen LogP contribution in [0.25, 0.3) is 22.3 Å². The van der Waals surface area contributed by atoms with E-state index in [2.05, 4.69) is 33.7 Å². The molecule has 0 radical (unpaired) electrons. The van der Waals surface area contributed by atoms with Crippen molar-refractivity contribution >= 4 is 28.6 Å². The van der Waals surface area contributed by atoms with Crippen LogP contribution in [-0.4, -0.2) is 63.2 Å². The average molecular weight is 490 g/mol. The molecule has 2 aliphatic rings. The minimum atomic E-state index is -0.659. The molecule has 0 spiro atoms. The number of rotatable bonds is 6. The van der Waals surface area contributed by atoms with Crippen LogP contribution in [0.1, 0.15) is 50.9 Å². The molecule has 1 aliphatic heterocycles. The Kier molecular flexibility index (Phi) is 6.45. The predicted molar refractivity (Wildman–Crippen MR) is 128 cm³/mol. The van der Waals surface area contributed by atoms with Gasteiger partial charge in [-0.2, -0.15) is 0 Å². The summed E-state index contributed by atoms with van der Waals surface area (Å²) >= 11 is 6.45. The van der Waals surface area contributed by atoms with Gasteiger partial charge in [0.25, 0.3) is 0 Å². The number of halogens is 2. The summed E-state index contributed by atoms with van der Waals surface area (Å²) < 4.78 is 28.1. The van der Waals surface area contributed by atoms with Gasteiger partial charge in [0.15, 0.2) is 5.82 Å². The van der Waals surface area contributed by atoms with Crippen LogP contribution in [0, 0.1) is 5.82 Å². The van der Waals surface area contributed by atoms with Crippen molar-refractivity contribution in [3.63, 3.8) is 0 Å². The van der Waals surface area contributed by atoms with Gasteiger partial charge in [-0.05, 0) is 45.2 Å². The summed E-state index contributed by atoms with van der Waals surface area (Å²) in [5.74, 6) is 1.04. The van der Waals surface area contributed by atoms with Crippen molar-refractivity contribution in [2.75, 3.05) is 25.6 Å². The third-order valence-electron chi connectivity index (χ3n) is 6.74. The van der Waals surface area contributed by atoms with Crippen LogP contribution in [0.4, 0.5) is 10.3 Å². The first-order valence-electron chi connectivity index (χ1n) is 11.6. The molecule has 8 nitrogen and oxygen atoms in total. The molecule has 1 aliphatic carbocycles. The molecule has 5 rings (SSSR count). The molecule has 1 saturated heterocycles. The molecule has 34 heavy (non-hydrogen) atoms. The second kappa shape index (κ2) is 9.37. The summed E-state index contributed by atoms with van der Waals surface area (Å²) in [5, 5.41) is 13.7. The maximum Gasteiger partial charge on any atom is 0.223 e. The van der Waals surface area contributed by atoms with Gasteiger partial charge in [0.2, 0.25) is 5.95 Å². The molecule has 2 aromatic heterocycles. The van der Waals surface area contributed by atoms with Gasteiger partial charge in [0.05, 0.1) is 47.3 Å². The number of aliphatic hydroxyl groups excluding tert-OH is 1. The lowest BCUT2D eigenvalue weighted by atomic mass is 9.81. The Bertz CT molecular complexity index is 1200. The fourth-order valence-corrected chi connectivity index (χ4v) is 5.00. The van der Waals surface area contributed by atoms with Crippen molar-refractivity contribution in [1.29, 1.82) is 0 Å². The lowest BCUT2D eigenvalue weighted by molar-refractivity contribution is -0.0136. The fourth-order valence-electron chi connectivity index (χ4n) is 4.80.